The van der Waals surface area contributed by atoms with Gasteiger partial charge in [-0.3, -0.25) is 4.52 Å². The van der Waals surface area contributed by atoms with Gasteiger partial charge < -0.3 is 30.2 Å². The average Bonchev–Trinajstić information content (AvgIpc) is 2.10. The molecule has 0 saturated carbocycles. The molecule has 0 aliphatic rings. The van der Waals surface area contributed by atoms with Crippen LogP contribution in [0.3, 0.4) is 0 Å². The Morgan fingerprint density at radius 1 is 1.27 bits per heavy atom. The summed E-state index contributed by atoms with van der Waals surface area (Å²) < 4.78 is 14.0. The Hall–Kier alpha value is -0.540. The molecule has 0 aromatic carbocycles. The molecule has 0 rings (SSSR count). The summed E-state index contributed by atoms with van der Waals surface area (Å²) in [7, 11) is -4.81. The molecule has 9 nitrogen and oxygen atoms in total. The van der Waals surface area contributed by atoms with E-state index in [1.54, 1.807) is 0 Å². The van der Waals surface area contributed by atoms with Gasteiger partial charge in [0.25, 0.3) is 0 Å². The number of aliphatic carboxylic acids is 1. The van der Waals surface area contributed by atoms with Crippen LogP contribution in [-0.2, 0) is 13.9 Å². The van der Waals surface area contributed by atoms with Gasteiger partial charge in [0, 0.05) is 0 Å². The Morgan fingerprint density at radius 2 is 1.73 bits per heavy atom. The van der Waals surface area contributed by atoms with Crippen LogP contribution in [-0.4, -0.2) is 61.1 Å². The van der Waals surface area contributed by atoms with Crippen molar-refractivity contribution in [2.24, 2.45) is 0 Å². The molecule has 0 radical (unpaired) electrons. The molecule has 0 spiro atoms. The first-order valence-corrected chi connectivity index (χ1v) is 5.15. The first-order chi connectivity index (χ1) is 6.65. The monoisotopic (exact) mass is 246 g/mol. The molecule has 0 unspecified atom stereocenters. The number of hydrogen-bond donors (Lipinski definition) is 6. The van der Waals surface area contributed by atoms with Crippen LogP contribution < -0.4 is 0 Å². The van der Waals surface area contributed by atoms with Crippen LogP contribution in [0.2, 0.25) is 0 Å². The van der Waals surface area contributed by atoms with Crippen LogP contribution in [0.25, 0.3) is 0 Å². The molecule has 3 atom stereocenters. The van der Waals surface area contributed by atoms with Gasteiger partial charge in [0.2, 0.25) is 0 Å². The Kier molecular flexibility index (Phi) is 5.32. The van der Waals surface area contributed by atoms with E-state index in [2.05, 4.69) is 4.52 Å². The topological polar surface area (TPSA) is 165 Å². The molecule has 10 heteroatoms. The summed E-state index contributed by atoms with van der Waals surface area (Å²) >= 11 is 0. The van der Waals surface area contributed by atoms with Crippen LogP contribution in [0.1, 0.15) is 0 Å². The molecular weight excluding hydrogens is 235 g/mol. The van der Waals surface area contributed by atoms with Crippen molar-refractivity contribution in [1.29, 1.82) is 0 Å². The van der Waals surface area contributed by atoms with Gasteiger partial charge in [-0.15, -0.1) is 0 Å². The van der Waals surface area contributed by atoms with Crippen LogP contribution in [0, 0.1) is 0 Å². The fourth-order valence-electron chi connectivity index (χ4n) is 0.629. The molecule has 0 saturated heterocycles. The number of carboxylic acid groups (broad SMARTS) is 1. The normalized spacial score (nSPS) is 18.2. The zero-order valence-electron chi connectivity index (χ0n) is 7.29. The lowest BCUT2D eigenvalue weighted by molar-refractivity contribution is -0.159. The van der Waals surface area contributed by atoms with Gasteiger partial charge in [-0.2, -0.15) is 0 Å². The Bertz CT molecular complexity index is 259. The number of carboxylic acids is 1. The maximum Gasteiger partial charge on any atom is 0.469 e. The van der Waals surface area contributed by atoms with Gasteiger partial charge in [0.05, 0.1) is 6.61 Å². The molecular formula is C5H11O9P. The molecule has 0 bridgehead atoms. The molecule has 0 aliphatic carbocycles. The first kappa shape index (κ1) is 14.5. The van der Waals surface area contributed by atoms with Gasteiger partial charge in [-0.1, -0.05) is 0 Å². The van der Waals surface area contributed by atoms with Crippen molar-refractivity contribution < 1.29 is 44.1 Å². The van der Waals surface area contributed by atoms with E-state index in [1.807, 2.05) is 0 Å². The number of phosphoric acid groups is 1. The van der Waals surface area contributed by atoms with E-state index in [-0.39, 0.29) is 0 Å². The highest BCUT2D eigenvalue weighted by molar-refractivity contribution is 7.46. The fraction of sp³-hybridized carbons (Fsp3) is 0.800. The number of aliphatic hydroxyl groups is 3. The van der Waals surface area contributed by atoms with Crippen molar-refractivity contribution in [1.82, 2.24) is 0 Å². The Morgan fingerprint density at radius 3 is 2.07 bits per heavy atom. The third-order valence-corrected chi connectivity index (χ3v) is 1.87. The summed E-state index contributed by atoms with van der Waals surface area (Å²) in [6, 6.07) is 0. The fourth-order valence-corrected chi connectivity index (χ4v) is 0.975. The standard InChI is InChI=1S/C5H11O9P/c6-2(1-14-15(11,12)13)3(7)4(8)5(9)10/h2-4,6-8H,1H2,(H,9,10)(H2,11,12,13)/t2-,3+,4-/m1/s1. The highest BCUT2D eigenvalue weighted by Crippen LogP contribution is 2.35. The summed E-state index contributed by atoms with van der Waals surface area (Å²) in [5, 5.41) is 34.8. The molecule has 0 aromatic rings. The van der Waals surface area contributed by atoms with Gasteiger partial charge in [0.1, 0.15) is 12.2 Å². The average molecular weight is 246 g/mol. The second-order valence-corrected chi connectivity index (χ2v) is 3.87. The zero-order valence-corrected chi connectivity index (χ0v) is 8.19. The lowest BCUT2D eigenvalue weighted by atomic mass is 10.1. The quantitative estimate of drug-likeness (QED) is 0.272. The number of carbonyl (C=O) groups is 1. The SMILES string of the molecule is O=C(O)[C@H](O)[C@@H](O)[C@H](O)COP(=O)(O)O. The zero-order chi connectivity index (χ0) is 12.2. The van der Waals surface area contributed by atoms with Gasteiger partial charge in [-0.05, 0) is 0 Å². The van der Waals surface area contributed by atoms with Gasteiger partial charge in [-0.25, -0.2) is 9.36 Å². The molecule has 90 valence electrons. The maximum absolute atomic E-state index is 10.2. The highest BCUT2D eigenvalue weighted by atomic mass is 31.2. The second kappa shape index (κ2) is 5.52. The third kappa shape index (κ3) is 5.80. The van der Waals surface area contributed by atoms with Crippen LogP contribution in [0.4, 0.5) is 0 Å². The minimum atomic E-state index is -4.81. The molecule has 6 N–H and O–H groups in total. The lowest BCUT2D eigenvalue weighted by Gasteiger charge is -2.19. The summed E-state index contributed by atoms with van der Waals surface area (Å²) in [6.45, 7) is -1.00. The lowest BCUT2D eigenvalue weighted by Crippen LogP contribution is -2.44. The smallest absolute Gasteiger partial charge is 0.469 e. The molecule has 0 aromatic heterocycles. The van der Waals surface area contributed by atoms with E-state index in [4.69, 9.17) is 30.2 Å². The molecule has 15 heavy (non-hydrogen) atoms. The van der Waals surface area contributed by atoms with E-state index in [0.29, 0.717) is 0 Å². The van der Waals surface area contributed by atoms with E-state index < -0.39 is 38.7 Å². The summed E-state index contributed by atoms with van der Waals surface area (Å²) in [6.07, 6.45) is -6.29. The number of phosphoric ester groups is 1. The van der Waals surface area contributed by atoms with Crippen LogP contribution in [0.5, 0.6) is 0 Å². The van der Waals surface area contributed by atoms with Crippen molar-refractivity contribution in [3.8, 4) is 0 Å². The summed E-state index contributed by atoms with van der Waals surface area (Å²) in [5.41, 5.74) is 0. The molecule has 0 aliphatic heterocycles. The largest absolute Gasteiger partial charge is 0.479 e. The summed E-state index contributed by atoms with van der Waals surface area (Å²) in [5.74, 6) is -1.78. The van der Waals surface area contributed by atoms with Crippen LogP contribution in [0.15, 0.2) is 0 Å². The summed E-state index contributed by atoms with van der Waals surface area (Å²) in [4.78, 5) is 26.6. The molecule has 0 heterocycles. The molecule has 0 amide bonds. The Balaban J connectivity index is 4.16. The third-order valence-electron chi connectivity index (χ3n) is 1.38. The van der Waals surface area contributed by atoms with Gasteiger partial charge in [0.15, 0.2) is 6.10 Å². The highest BCUT2D eigenvalue weighted by Gasteiger charge is 2.31. The number of aliphatic hydroxyl groups excluding tert-OH is 3. The maximum atomic E-state index is 10.2. The van der Waals surface area contributed by atoms with Crippen LogP contribution >= 0.6 is 7.82 Å². The van der Waals surface area contributed by atoms with Crippen molar-refractivity contribution in [3.05, 3.63) is 0 Å². The van der Waals surface area contributed by atoms with E-state index >= 15 is 0 Å². The van der Waals surface area contributed by atoms with Crippen molar-refractivity contribution in [2.45, 2.75) is 18.3 Å². The minimum absolute atomic E-state index is 1.00. The van der Waals surface area contributed by atoms with Crippen molar-refractivity contribution >= 4 is 13.8 Å². The Labute approximate surface area is 83.8 Å². The minimum Gasteiger partial charge on any atom is -0.479 e. The second-order valence-electron chi connectivity index (χ2n) is 2.63. The van der Waals surface area contributed by atoms with Crippen molar-refractivity contribution in [3.63, 3.8) is 0 Å². The predicted octanol–water partition coefficient (Wildman–Crippen LogP) is -2.74. The number of hydrogen-bond acceptors (Lipinski definition) is 6. The predicted molar refractivity (Wildman–Crippen MR) is 43.7 cm³/mol. The van der Waals surface area contributed by atoms with E-state index in [9.17, 15) is 9.36 Å². The first-order valence-electron chi connectivity index (χ1n) is 3.62. The molecule has 0 fully saturated rings. The van der Waals surface area contributed by atoms with E-state index in [0.717, 1.165) is 0 Å². The van der Waals surface area contributed by atoms with Crippen molar-refractivity contribution in [2.75, 3.05) is 6.61 Å². The van der Waals surface area contributed by atoms with E-state index in [1.165, 1.54) is 0 Å². The number of rotatable bonds is 6. The van der Waals surface area contributed by atoms with Gasteiger partial charge >= 0.3 is 13.8 Å².